The Morgan fingerprint density at radius 2 is 1.88 bits per heavy atom. The monoisotopic (exact) mass is 369 g/mol. The topological polar surface area (TPSA) is 57.7 Å². The normalized spacial score (nSPS) is 10.4. The first kappa shape index (κ1) is 17.9. The predicted molar refractivity (Wildman–Crippen MR) is 101 cm³/mol. The molecule has 0 bridgehead atoms. The largest absolute Gasteiger partial charge is 0.497 e. The number of carbonyl (C=O) groups excluding carboxylic acids is 1. The van der Waals surface area contributed by atoms with Gasteiger partial charge < -0.3 is 14.2 Å². The number of carbonyl (C=O) groups is 1. The maximum atomic E-state index is 11.9. The molecule has 0 fully saturated rings. The quantitative estimate of drug-likeness (QED) is 0.583. The molecule has 3 rings (SSSR count). The van der Waals surface area contributed by atoms with Gasteiger partial charge in [0.05, 0.1) is 12.8 Å². The van der Waals surface area contributed by atoms with Crippen LogP contribution in [-0.2, 0) is 16.1 Å². The van der Waals surface area contributed by atoms with Gasteiger partial charge in [-0.25, -0.2) is 9.78 Å². The second-order valence-corrected chi connectivity index (χ2v) is 6.45. The van der Waals surface area contributed by atoms with Crippen molar-refractivity contribution in [3.05, 3.63) is 65.2 Å². The van der Waals surface area contributed by atoms with Crippen LogP contribution in [0.3, 0.4) is 0 Å². The number of ether oxygens (including phenoxy) is 3. The molecular formula is C20H19NO4S. The lowest BCUT2D eigenvalue weighted by Crippen LogP contribution is -2.15. The Kier molecular flexibility index (Phi) is 5.86. The van der Waals surface area contributed by atoms with Crippen molar-refractivity contribution in [3.63, 3.8) is 0 Å². The van der Waals surface area contributed by atoms with Crippen molar-refractivity contribution in [2.24, 2.45) is 0 Å². The number of rotatable bonds is 7. The Bertz CT molecular complexity index is 874. The zero-order valence-corrected chi connectivity index (χ0v) is 15.4. The number of aryl methyl sites for hydroxylation is 1. The molecule has 0 N–H and O–H groups in total. The Balaban J connectivity index is 1.51. The molecule has 0 aliphatic carbocycles. The highest BCUT2D eigenvalue weighted by Crippen LogP contribution is 2.26. The van der Waals surface area contributed by atoms with E-state index in [9.17, 15) is 4.79 Å². The summed E-state index contributed by atoms with van der Waals surface area (Å²) in [4.78, 5) is 16.4. The van der Waals surface area contributed by atoms with Gasteiger partial charge in [-0.1, -0.05) is 18.2 Å². The third-order valence-corrected chi connectivity index (χ3v) is 4.65. The van der Waals surface area contributed by atoms with E-state index < -0.39 is 5.97 Å². The van der Waals surface area contributed by atoms with Crippen LogP contribution < -0.4 is 9.47 Å². The molecule has 134 valence electrons. The zero-order valence-electron chi connectivity index (χ0n) is 14.6. The van der Waals surface area contributed by atoms with Gasteiger partial charge in [-0.15, -0.1) is 11.3 Å². The van der Waals surface area contributed by atoms with Crippen molar-refractivity contribution in [3.8, 4) is 22.1 Å². The molecule has 26 heavy (non-hydrogen) atoms. The van der Waals surface area contributed by atoms with Crippen molar-refractivity contribution in [2.75, 3.05) is 13.7 Å². The summed E-state index contributed by atoms with van der Waals surface area (Å²) in [6, 6.07) is 15.2. The van der Waals surface area contributed by atoms with Gasteiger partial charge >= 0.3 is 5.97 Å². The second kappa shape index (κ2) is 8.49. The molecule has 0 amide bonds. The molecule has 0 atom stereocenters. The van der Waals surface area contributed by atoms with Crippen molar-refractivity contribution in [1.82, 2.24) is 4.98 Å². The van der Waals surface area contributed by atoms with E-state index >= 15 is 0 Å². The molecule has 0 saturated carbocycles. The zero-order chi connectivity index (χ0) is 18.4. The molecule has 0 saturated heterocycles. The van der Waals surface area contributed by atoms with Crippen LogP contribution in [0.25, 0.3) is 10.6 Å². The number of hydrogen-bond donors (Lipinski definition) is 0. The molecule has 0 aliphatic rings. The van der Waals surface area contributed by atoms with E-state index in [1.165, 1.54) is 11.3 Å². The molecule has 2 aromatic carbocycles. The smallest absolute Gasteiger partial charge is 0.344 e. The molecular weight excluding hydrogens is 350 g/mol. The number of hydrogen-bond acceptors (Lipinski definition) is 6. The van der Waals surface area contributed by atoms with Crippen LogP contribution in [0, 0.1) is 6.92 Å². The second-order valence-electron chi connectivity index (χ2n) is 5.59. The van der Waals surface area contributed by atoms with Gasteiger partial charge in [-0.2, -0.15) is 0 Å². The van der Waals surface area contributed by atoms with Gasteiger partial charge in [-0.05, 0) is 42.8 Å². The molecule has 6 heteroatoms. The lowest BCUT2D eigenvalue weighted by atomic mass is 10.2. The molecule has 0 spiro atoms. The molecule has 0 radical (unpaired) electrons. The van der Waals surface area contributed by atoms with Gasteiger partial charge in [0.25, 0.3) is 0 Å². The Morgan fingerprint density at radius 1 is 1.12 bits per heavy atom. The summed E-state index contributed by atoms with van der Waals surface area (Å²) in [5, 5.41) is 2.75. The number of aromatic nitrogens is 1. The van der Waals surface area contributed by atoms with Crippen molar-refractivity contribution >= 4 is 17.3 Å². The Hall–Kier alpha value is -2.86. The standard InChI is InChI=1S/C20H19NO4S/c1-14-5-3-4-6-18(14)24-12-19(22)25-11-16-13-26-20(21-16)15-7-9-17(23-2)10-8-15/h3-10,13H,11-12H2,1-2H3. The fourth-order valence-electron chi connectivity index (χ4n) is 2.29. The first-order chi connectivity index (χ1) is 12.7. The van der Waals surface area contributed by atoms with Crippen LogP contribution in [0.4, 0.5) is 0 Å². The average Bonchev–Trinajstić information content (AvgIpc) is 3.15. The third-order valence-electron chi connectivity index (χ3n) is 3.71. The van der Waals surface area contributed by atoms with Crippen LogP contribution in [0.1, 0.15) is 11.3 Å². The van der Waals surface area contributed by atoms with E-state index in [1.54, 1.807) is 7.11 Å². The average molecular weight is 369 g/mol. The van der Waals surface area contributed by atoms with Gasteiger partial charge in [-0.3, -0.25) is 0 Å². The van der Waals surface area contributed by atoms with E-state index in [-0.39, 0.29) is 13.2 Å². The number of nitrogens with zero attached hydrogens (tertiary/aromatic N) is 1. The van der Waals surface area contributed by atoms with Crippen molar-refractivity contribution in [2.45, 2.75) is 13.5 Å². The van der Waals surface area contributed by atoms with Gasteiger partial charge in [0.15, 0.2) is 6.61 Å². The fraction of sp³-hybridized carbons (Fsp3) is 0.200. The number of benzene rings is 2. The minimum Gasteiger partial charge on any atom is -0.497 e. The van der Waals surface area contributed by atoms with Gasteiger partial charge in [0.1, 0.15) is 23.1 Å². The SMILES string of the molecule is COc1ccc(-c2nc(COC(=O)COc3ccccc3C)cs2)cc1. The number of methoxy groups -OCH3 is 1. The van der Waals surface area contributed by atoms with E-state index in [4.69, 9.17) is 14.2 Å². The predicted octanol–water partition coefficient (Wildman–Crippen LogP) is 4.25. The summed E-state index contributed by atoms with van der Waals surface area (Å²) in [7, 11) is 1.63. The molecule has 1 heterocycles. The summed E-state index contributed by atoms with van der Waals surface area (Å²) in [5.74, 6) is 1.06. The first-order valence-corrected chi connectivity index (χ1v) is 8.96. The summed E-state index contributed by atoms with van der Waals surface area (Å²) in [5.41, 5.74) is 2.69. The van der Waals surface area contributed by atoms with Crippen molar-refractivity contribution in [1.29, 1.82) is 0 Å². The van der Waals surface area contributed by atoms with Crippen LogP contribution in [-0.4, -0.2) is 24.7 Å². The molecule has 5 nitrogen and oxygen atoms in total. The Morgan fingerprint density at radius 3 is 2.62 bits per heavy atom. The third kappa shape index (κ3) is 4.61. The van der Waals surface area contributed by atoms with Crippen LogP contribution >= 0.6 is 11.3 Å². The highest BCUT2D eigenvalue weighted by atomic mass is 32.1. The van der Waals surface area contributed by atoms with E-state index in [2.05, 4.69) is 4.98 Å². The lowest BCUT2D eigenvalue weighted by molar-refractivity contribution is -0.147. The number of thiazole rings is 1. The summed E-state index contributed by atoms with van der Waals surface area (Å²) >= 11 is 1.51. The van der Waals surface area contributed by atoms with Crippen molar-refractivity contribution < 1.29 is 19.0 Å². The molecule has 0 unspecified atom stereocenters. The van der Waals surface area contributed by atoms with Gasteiger partial charge in [0.2, 0.25) is 0 Å². The molecule has 0 aliphatic heterocycles. The van der Waals surface area contributed by atoms with Crippen LogP contribution in [0.5, 0.6) is 11.5 Å². The molecule has 3 aromatic rings. The maximum absolute atomic E-state index is 11.9. The fourth-order valence-corrected chi connectivity index (χ4v) is 3.10. The minimum atomic E-state index is -0.424. The molecule has 1 aromatic heterocycles. The van der Waals surface area contributed by atoms with Crippen LogP contribution in [0.15, 0.2) is 53.9 Å². The van der Waals surface area contributed by atoms with E-state index in [0.29, 0.717) is 11.4 Å². The highest BCUT2D eigenvalue weighted by molar-refractivity contribution is 7.13. The first-order valence-electron chi connectivity index (χ1n) is 8.08. The maximum Gasteiger partial charge on any atom is 0.344 e. The minimum absolute atomic E-state index is 0.125. The summed E-state index contributed by atoms with van der Waals surface area (Å²) in [6.45, 7) is 1.93. The van der Waals surface area contributed by atoms with E-state index in [0.717, 1.165) is 21.9 Å². The van der Waals surface area contributed by atoms with E-state index in [1.807, 2.05) is 60.8 Å². The summed E-state index contributed by atoms with van der Waals surface area (Å²) in [6.07, 6.45) is 0. The number of para-hydroxylation sites is 1. The number of esters is 1. The summed E-state index contributed by atoms with van der Waals surface area (Å²) < 4.78 is 15.9. The lowest BCUT2D eigenvalue weighted by Gasteiger charge is -2.08. The highest BCUT2D eigenvalue weighted by Gasteiger charge is 2.09. The Labute approximate surface area is 156 Å². The van der Waals surface area contributed by atoms with Gasteiger partial charge in [0, 0.05) is 10.9 Å². The van der Waals surface area contributed by atoms with Crippen LogP contribution in [0.2, 0.25) is 0 Å².